The highest BCUT2D eigenvalue weighted by molar-refractivity contribution is 7.52. The van der Waals surface area contributed by atoms with E-state index < -0.39 is 49.9 Å². The number of hydrogen-bond donors (Lipinski definition) is 5. The van der Waals surface area contributed by atoms with Gasteiger partial charge in [-0.1, -0.05) is 11.6 Å². The zero-order valence-electron chi connectivity index (χ0n) is 23.3. The van der Waals surface area contributed by atoms with Crippen LogP contribution in [0, 0.1) is 0 Å². The number of aliphatic hydroxyl groups excluding tert-OH is 1. The molecule has 18 heteroatoms. The minimum atomic E-state index is -4.30. The van der Waals surface area contributed by atoms with Crippen molar-refractivity contribution < 1.29 is 38.1 Å². The highest BCUT2D eigenvalue weighted by atomic mass is 35.5. The number of anilines is 2. The number of aliphatic hydroxyl groups is 2. The number of nitrogens with two attached hydrogens (primary N) is 2. The second-order valence-electron chi connectivity index (χ2n) is 11.2. The van der Waals surface area contributed by atoms with Crippen molar-refractivity contribution in [1.29, 1.82) is 0 Å². The SMILES string of the molecule is CN(N)c1nc(N)nc2c1ncn2C1OC(COP(=O)(NC2(C(=O)OC3CC3)CC2)Oc2ccc(Cl)cc2)[C@@H](O)[C@@]1(C)O. The van der Waals surface area contributed by atoms with Gasteiger partial charge < -0.3 is 29.9 Å². The maximum atomic E-state index is 14.1. The molecule has 0 radical (unpaired) electrons. The van der Waals surface area contributed by atoms with Crippen LogP contribution in [0.15, 0.2) is 30.6 Å². The van der Waals surface area contributed by atoms with E-state index in [1.807, 2.05) is 0 Å². The van der Waals surface area contributed by atoms with E-state index in [-0.39, 0.29) is 34.8 Å². The third-order valence-corrected chi connectivity index (χ3v) is 9.39. The fourth-order valence-electron chi connectivity index (χ4n) is 4.80. The van der Waals surface area contributed by atoms with Crippen LogP contribution in [0.2, 0.25) is 5.02 Å². The topological polar surface area (TPSA) is 222 Å². The van der Waals surface area contributed by atoms with Crippen LogP contribution in [0.25, 0.3) is 11.2 Å². The summed E-state index contributed by atoms with van der Waals surface area (Å²) in [5.41, 5.74) is 3.22. The number of esters is 1. The molecule has 2 aliphatic carbocycles. The van der Waals surface area contributed by atoms with Crippen LogP contribution < -0.4 is 26.2 Å². The Hall–Kier alpha value is -3.08. The quantitative estimate of drug-likeness (QED) is 0.0866. The van der Waals surface area contributed by atoms with Gasteiger partial charge in [0.15, 0.2) is 23.2 Å². The van der Waals surface area contributed by atoms with E-state index in [2.05, 4.69) is 20.0 Å². The van der Waals surface area contributed by atoms with Crippen molar-refractivity contribution in [2.75, 3.05) is 24.4 Å². The summed E-state index contributed by atoms with van der Waals surface area (Å²) in [4.78, 5) is 25.5. The molecule has 43 heavy (non-hydrogen) atoms. The van der Waals surface area contributed by atoms with Crippen LogP contribution in [0.4, 0.5) is 11.8 Å². The van der Waals surface area contributed by atoms with Crippen LogP contribution in [0.3, 0.4) is 0 Å². The van der Waals surface area contributed by atoms with E-state index in [1.165, 1.54) is 35.0 Å². The first-order valence-electron chi connectivity index (χ1n) is 13.5. The Kier molecular flexibility index (Phi) is 7.54. The first kappa shape index (κ1) is 30.0. The van der Waals surface area contributed by atoms with Gasteiger partial charge in [0.25, 0.3) is 0 Å². The number of nitrogens with one attached hydrogen (secondary N) is 1. The first-order chi connectivity index (χ1) is 20.3. The molecule has 232 valence electrons. The van der Waals surface area contributed by atoms with Crippen molar-refractivity contribution in [2.24, 2.45) is 5.84 Å². The van der Waals surface area contributed by atoms with Gasteiger partial charge in [-0.3, -0.25) is 18.9 Å². The zero-order chi connectivity index (χ0) is 30.7. The van der Waals surface area contributed by atoms with Gasteiger partial charge in [-0.2, -0.15) is 15.1 Å². The van der Waals surface area contributed by atoms with Crippen LogP contribution in [-0.4, -0.2) is 78.8 Å². The van der Waals surface area contributed by atoms with E-state index in [0.29, 0.717) is 17.9 Å². The third kappa shape index (κ3) is 5.89. The summed E-state index contributed by atoms with van der Waals surface area (Å²) in [6.45, 7) is 0.865. The number of carbonyl (C=O) groups excluding carboxylic acids is 1. The lowest BCUT2D eigenvalue weighted by Gasteiger charge is -2.27. The van der Waals surface area contributed by atoms with E-state index in [0.717, 1.165) is 12.8 Å². The second kappa shape index (κ2) is 10.8. The lowest BCUT2D eigenvalue weighted by Crippen LogP contribution is -2.45. The van der Waals surface area contributed by atoms with Gasteiger partial charge in [0.2, 0.25) is 5.95 Å². The summed E-state index contributed by atoms with van der Waals surface area (Å²) >= 11 is 5.98. The highest BCUT2D eigenvalue weighted by Gasteiger charge is 2.58. The van der Waals surface area contributed by atoms with E-state index in [4.69, 9.17) is 41.7 Å². The largest absolute Gasteiger partial charge is 0.461 e. The first-order valence-corrected chi connectivity index (χ1v) is 15.5. The number of ether oxygens (including phenoxy) is 2. The lowest BCUT2D eigenvalue weighted by atomic mass is 9.96. The molecule has 1 aliphatic heterocycles. The standard InChI is InChI=1S/C25H32ClN8O8P/c1-24(37)18(35)16(41-21(24)34-12-29-17-19(33(2)28)30-23(27)31-20(17)34)11-39-43(38,42-15-5-3-13(26)4-6-15)32-25(9-10-25)22(36)40-14-7-8-14/h3-6,12,14,16,18,21,35,37H,7-11,28H2,1-2H3,(H,32,38)(H2,27,30,31)/t16?,18-,21?,24-,43?/m1/s1. The maximum absolute atomic E-state index is 14.1. The van der Waals surface area contributed by atoms with Gasteiger partial charge in [0, 0.05) is 12.1 Å². The normalized spacial score (nSPS) is 27.5. The van der Waals surface area contributed by atoms with Gasteiger partial charge in [0.1, 0.15) is 35.2 Å². The summed E-state index contributed by atoms with van der Waals surface area (Å²) in [6, 6.07) is 6.07. The third-order valence-electron chi connectivity index (χ3n) is 7.50. The average molecular weight is 639 g/mol. The zero-order valence-corrected chi connectivity index (χ0v) is 24.9. The lowest BCUT2D eigenvalue weighted by molar-refractivity contribution is -0.148. The minimum absolute atomic E-state index is 0.0970. The molecule has 5 atom stereocenters. The Balaban J connectivity index is 1.24. The fourth-order valence-corrected chi connectivity index (χ4v) is 6.67. The monoisotopic (exact) mass is 638 g/mol. The summed E-state index contributed by atoms with van der Waals surface area (Å²) < 4.78 is 38.5. The molecular weight excluding hydrogens is 607 g/mol. The smallest absolute Gasteiger partial charge is 0.459 e. The van der Waals surface area contributed by atoms with Crippen molar-refractivity contribution >= 4 is 48.2 Å². The summed E-state index contributed by atoms with van der Waals surface area (Å²) in [7, 11) is -2.75. The molecule has 1 saturated heterocycles. The number of aromatic nitrogens is 4. The van der Waals surface area contributed by atoms with Gasteiger partial charge in [0.05, 0.1) is 12.9 Å². The summed E-state index contributed by atoms with van der Waals surface area (Å²) in [5, 5.41) is 26.9. The Morgan fingerprint density at radius 3 is 2.63 bits per heavy atom. The Labute approximate surface area is 250 Å². The predicted molar refractivity (Wildman–Crippen MR) is 153 cm³/mol. The van der Waals surface area contributed by atoms with Crippen molar-refractivity contribution in [2.45, 2.75) is 68.3 Å². The van der Waals surface area contributed by atoms with Gasteiger partial charge in [-0.05, 0) is 56.9 Å². The van der Waals surface area contributed by atoms with Crippen LogP contribution in [0.5, 0.6) is 5.75 Å². The molecule has 16 nitrogen and oxygen atoms in total. The van der Waals surface area contributed by atoms with Gasteiger partial charge >= 0.3 is 13.7 Å². The van der Waals surface area contributed by atoms with Gasteiger partial charge in [-0.15, -0.1) is 0 Å². The molecule has 0 spiro atoms. The number of carbonyl (C=O) groups is 1. The Bertz CT molecular complexity index is 1580. The molecule has 3 heterocycles. The van der Waals surface area contributed by atoms with E-state index in [1.54, 1.807) is 19.2 Å². The molecular formula is C25H32ClN8O8P. The summed E-state index contributed by atoms with van der Waals surface area (Å²) in [5.74, 6) is 5.63. The number of hydrazine groups is 1. The van der Waals surface area contributed by atoms with E-state index in [9.17, 15) is 19.6 Å². The average Bonchev–Trinajstić information content (AvgIpc) is 3.86. The van der Waals surface area contributed by atoms with Crippen molar-refractivity contribution in [3.63, 3.8) is 0 Å². The van der Waals surface area contributed by atoms with Crippen molar-refractivity contribution in [3.8, 4) is 5.75 Å². The number of fused-ring (bicyclic) bond motifs is 1. The predicted octanol–water partition coefficient (Wildman–Crippen LogP) is 1.41. The molecule has 2 aromatic heterocycles. The molecule has 0 bridgehead atoms. The molecule has 2 saturated carbocycles. The van der Waals surface area contributed by atoms with Crippen molar-refractivity contribution in [1.82, 2.24) is 24.6 Å². The number of imidazole rings is 1. The summed E-state index contributed by atoms with van der Waals surface area (Å²) in [6.07, 6.45) is -0.448. The minimum Gasteiger partial charge on any atom is -0.461 e. The Morgan fingerprint density at radius 1 is 1.30 bits per heavy atom. The Morgan fingerprint density at radius 2 is 2.00 bits per heavy atom. The number of halogens is 1. The number of nitrogens with zero attached hydrogens (tertiary/aromatic N) is 5. The molecule has 3 fully saturated rings. The molecule has 3 aliphatic rings. The molecule has 1 aromatic carbocycles. The number of rotatable bonds is 11. The highest BCUT2D eigenvalue weighted by Crippen LogP contribution is 2.53. The molecule has 3 unspecified atom stereocenters. The molecule has 0 amide bonds. The second-order valence-corrected chi connectivity index (χ2v) is 13.3. The van der Waals surface area contributed by atoms with Crippen molar-refractivity contribution in [3.05, 3.63) is 35.6 Å². The number of hydrogen-bond acceptors (Lipinski definition) is 14. The van der Waals surface area contributed by atoms with Crippen LogP contribution in [0.1, 0.15) is 38.8 Å². The van der Waals surface area contributed by atoms with E-state index >= 15 is 0 Å². The molecule has 7 N–H and O–H groups in total. The maximum Gasteiger partial charge on any atom is 0.459 e. The van der Waals surface area contributed by atoms with Crippen LogP contribution >= 0.6 is 19.3 Å². The van der Waals surface area contributed by atoms with Gasteiger partial charge in [-0.25, -0.2) is 15.4 Å². The molecule has 3 aromatic rings. The number of nitrogen functional groups attached to an aromatic ring is 1. The fraction of sp³-hybridized carbons (Fsp3) is 0.520. The molecule has 6 rings (SSSR count). The van der Waals surface area contributed by atoms with Crippen LogP contribution in [-0.2, 0) is 23.4 Å². The number of benzene rings is 1.